The number of methoxy groups -OCH3 is 4. The zero-order chi connectivity index (χ0) is 23.4. The summed E-state index contributed by atoms with van der Waals surface area (Å²) in [6.07, 6.45) is 1.66. The molecule has 0 fully saturated rings. The topological polar surface area (TPSA) is 77.4 Å². The van der Waals surface area contributed by atoms with Gasteiger partial charge in [0.2, 0.25) is 0 Å². The van der Waals surface area contributed by atoms with Crippen molar-refractivity contribution in [1.82, 2.24) is 0 Å². The zero-order valence-electron chi connectivity index (χ0n) is 19.1. The number of aliphatic hydroxyl groups excluding tert-OH is 1. The van der Waals surface area contributed by atoms with E-state index >= 15 is 0 Å². The van der Waals surface area contributed by atoms with Gasteiger partial charge < -0.3 is 29.2 Å². The molecule has 6 heteroatoms. The summed E-state index contributed by atoms with van der Waals surface area (Å²) in [7, 11) is 6.22. The van der Waals surface area contributed by atoms with Crippen molar-refractivity contribution in [3.8, 4) is 39.9 Å². The van der Waals surface area contributed by atoms with Crippen molar-refractivity contribution < 1.29 is 29.2 Å². The molecule has 2 N–H and O–H groups in total. The lowest BCUT2D eigenvalue weighted by Gasteiger charge is -2.21. The van der Waals surface area contributed by atoms with Gasteiger partial charge in [-0.05, 0) is 60.9 Å². The summed E-state index contributed by atoms with van der Waals surface area (Å²) in [5.41, 5.74) is 4.16. The van der Waals surface area contributed by atoms with E-state index < -0.39 is 0 Å². The Morgan fingerprint density at radius 2 is 1.38 bits per heavy atom. The van der Waals surface area contributed by atoms with Crippen molar-refractivity contribution in [3.05, 3.63) is 64.7 Å². The van der Waals surface area contributed by atoms with Crippen LogP contribution >= 0.6 is 0 Å². The highest BCUT2D eigenvalue weighted by Gasteiger charge is 2.23. The molecule has 0 saturated heterocycles. The molecule has 168 valence electrons. The van der Waals surface area contributed by atoms with Gasteiger partial charge in [0.1, 0.15) is 23.0 Å². The summed E-state index contributed by atoms with van der Waals surface area (Å²) in [5.74, 6) is 2.21. The normalized spacial score (nSPS) is 11.2. The first kappa shape index (κ1) is 22.9. The molecule has 3 rings (SSSR count). The van der Waals surface area contributed by atoms with Crippen molar-refractivity contribution >= 4 is 11.8 Å². The van der Waals surface area contributed by atoms with E-state index in [9.17, 15) is 10.2 Å². The molecule has 0 aliphatic heterocycles. The molecule has 0 aliphatic rings. The van der Waals surface area contributed by atoms with Crippen LogP contribution in [0.25, 0.3) is 23.0 Å². The van der Waals surface area contributed by atoms with Gasteiger partial charge in [-0.25, -0.2) is 0 Å². The number of phenolic OH excluding ortho intramolecular Hbond substituents is 1. The van der Waals surface area contributed by atoms with Crippen molar-refractivity contribution in [2.24, 2.45) is 0 Å². The second kappa shape index (κ2) is 9.56. The molecule has 0 heterocycles. The van der Waals surface area contributed by atoms with E-state index in [1.54, 1.807) is 52.5 Å². The highest BCUT2D eigenvalue weighted by molar-refractivity contribution is 5.92. The molecular formula is C26H28O6. The maximum atomic E-state index is 11.2. The highest BCUT2D eigenvalue weighted by Crippen LogP contribution is 2.46. The third-order valence-corrected chi connectivity index (χ3v) is 5.40. The standard InChI is InChI=1S/C26H28O6/c1-15-11-23(32-6)26(28)16(2)24(15)25-20(13-19(30-4)14-22(25)31-5)21(27)12-17-7-9-18(29-3)10-8-17/h7-14,27-28H,1-6H3/b21-12-. The summed E-state index contributed by atoms with van der Waals surface area (Å²) < 4.78 is 21.6. The molecule has 3 aromatic carbocycles. The van der Waals surface area contributed by atoms with Crippen molar-refractivity contribution in [3.63, 3.8) is 0 Å². The number of hydrogen-bond acceptors (Lipinski definition) is 6. The van der Waals surface area contributed by atoms with Gasteiger partial charge in [0.15, 0.2) is 11.5 Å². The summed E-state index contributed by atoms with van der Waals surface area (Å²) in [4.78, 5) is 0. The van der Waals surface area contributed by atoms with E-state index in [0.717, 1.165) is 22.4 Å². The number of benzene rings is 3. The SMILES string of the molecule is COc1ccc(/C=C(\O)c2cc(OC)cc(OC)c2-c2c(C)cc(OC)c(O)c2C)cc1. The van der Waals surface area contributed by atoms with Crippen LogP contribution in [0.3, 0.4) is 0 Å². The predicted octanol–water partition coefficient (Wildman–Crippen LogP) is 5.77. The number of aryl methyl sites for hydroxylation is 1. The van der Waals surface area contributed by atoms with Gasteiger partial charge in [0.05, 0.1) is 28.4 Å². The van der Waals surface area contributed by atoms with Gasteiger partial charge in [-0.2, -0.15) is 0 Å². The van der Waals surface area contributed by atoms with Crippen LogP contribution in [0.1, 0.15) is 22.3 Å². The van der Waals surface area contributed by atoms with Crippen LogP contribution in [0.15, 0.2) is 42.5 Å². The molecule has 0 spiro atoms. The van der Waals surface area contributed by atoms with Crippen molar-refractivity contribution in [2.75, 3.05) is 28.4 Å². The second-order valence-electron chi connectivity index (χ2n) is 7.30. The Morgan fingerprint density at radius 1 is 0.750 bits per heavy atom. The minimum Gasteiger partial charge on any atom is -0.507 e. The lowest BCUT2D eigenvalue weighted by Crippen LogP contribution is -2.01. The van der Waals surface area contributed by atoms with E-state index in [2.05, 4.69) is 0 Å². The molecule has 0 saturated carbocycles. The Morgan fingerprint density at radius 3 is 1.94 bits per heavy atom. The fraction of sp³-hybridized carbons (Fsp3) is 0.231. The molecular weight excluding hydrogens is 408 g/mol. The van der Waals surface area contributed by atoms with Crippen LogP contribution in [0.2, 0.25) is 0 Å². The lowest BCUT2D eigenvalue weighted by atomic mass is 9.89. The molecule has 0 unspecified atom stereocenters. The summed E-state index contributed by atoms with van der Waals surface area (Å²) >= 11 is 0. The molecule has 0 amide bonds. The number of phenols is 1. The minimum atomic E-state index is 0.0245. The van der Waals surface area contributed by atoms with Gasteiger partial charge in [0, 0.05) is 22.8 Å². The Labute approximate surface area is 188 Å². The fourth-order valence-corrected chi connectivity index (χ4v) is 3.74. The predicted molar refractivity (Wildman–Crippen MR) is 126 cm³/mol. The van der Waals surface area contributed by atoms with Crippen LogP contribution < -0.4 is 18.9 Å². The molecule has 0 bridgehead atoms. The first-order valence-electron chi connectivity index (χ1n) is 10.0. The second-order valence-corrected chi connectivity index (χ2v) is 7.30. The first-order chi connectivity index (χ1) is 15.3. The van der Waals surface area contributed by atoms with Crippen LogP contribution in [0.4, 0.5) is 0 Å². The van der Waals surface area contributed by atoms with Gasteiger partial charge in [0.25, 0.3) is 0 Å². The van der Waals surface area contributed by atoms with Crippen LogP contribution in [-0.4, -0.2) is 38.7 Å². The number of hydrogen-bond donors (Lipinski definition) is 2. The number of aliphatic hydroxyl groups is 1. The van der Waals surface area contributed by atoms with Gasteiger partial charge >= 0.3 is 0 Å². The molecule has 6 nitrogen and oxygen atoms in total. The molecule has 0 aromatic heterocycles. The van der Waals surface area contributed by atoms with Crippen molar-refractivity contribution in [2.45, 2.75) is 13.8 Å². The molecule has 0 aliphatic carbocycles. The van der Waals surface area contributed by atoms with E-state index in [1.165, 1.54) is 7.11 Å². The van der Waals surface area contributed by atoms with Gasteiger partial charge in [-0.1, -0.05) is 12.1 Å². The van der Waals surface area contributed by atoms with Crippen molar-refractivity contribution in [1.29, 1.82) is 0 Å². The Bertz CT molecular complexity index is 1150. The van der Waals surface area contributed by atoms with E-state index in [4.69, 9.17) is 18.9 Å². The van der Waals surface area contributed by atoms with E-state index in [0.29, 0.717) is 33.9 Å². The smallest absolute Gasteiger partial charge is 0.161 e. The van der Waals surface area contributed by atoms with E-state index in [1.807, 2.05) is 31.2 Å². The number of rotatable bonds is 7. The number of aromatic hydroxyl groups is 1. The summed E-state index contributed by atoms with van der Waals surface area (Å²) in [6.45, 7) is 3.72. The molecule has 0 atom stereocenters. The lowest BCUT2D eigenvalue weighted by molar-refractivity contribution is 0.371. The maximum Gasteiger partial charge on any atom is 0.161 e. The molecule has 3 aromatic rings. The monoisotopic (exact) mass is 436 g/mol. The zero-order valence-corrected chi connectivity index (χ0v) is 19.1. The number of ether oxygens (including phenoxy) is 4. The Kier molecular flexibility index (Phi) is 6.83. The largest absolute Gasteiger partial charge is 0.507 e. The highest BCUT2D eigenvalue weighted by atomic mass is 16.5. The first-order valence-corrected chi connectivity index (χ1v) is 10.0. The third kappa shape index (κ3) is 4.30. The molecule has 32 heavy (non-hydrogen) atoms. The minimum absolute atomic E-state index is 0.0245. The van der Waals surface area contributed by atoms with Crippen LogP contribution in [-0.2, 0) is 0 Å². The average molecular weight is 437 g/mol. The summed E-state index contributed by atoms with van der Waals surface area (Å²) in [6, 6.07) is 12.6. The van der Waals surface area contributed by atoms with E-state index in [-0.39, 0.29) is 11.5 Å². The quantitative estimate of drug-likeness (QED) is 0.362. The average Bonchev–Trinajstić information content (AvgIpc) is 2.81. The van der Waals surface area contributed by atoms with Gasteiger partial charge in [-0.3, -0.25) is 0 Å². The van der Waals surface area contributed by atoms with Gasteiger partial charge in [-0.15, -0.1) is 0 Å². The third-order valence-electron chi connectivity index (χ3n) is 5.40. The summed E-state index contributed by atoms with van der Waals surface area (Å²) in [5, 5.41) is 21.8. The maximum absolute atomic E-state index is 11.2. The Balaban J connectivity index is 2.30. The van der Waals surface area contributed by atoms with Crippen LogP contribution in [0.5, 0.6) is 28.7 Å². The van der Waals surface area contributed by atoms with Crippen LogP contribution in [0, 0.1) is 13.8 Å². The fourth-order valence-electron chi connectivity index (χ4n) is 3.74. The molecule has 0 radical (unpaired) electrons. The Hall–Kier alpha value is -3.80.